The first kappa shape index (κ1) is 15.0. The maximum atomic E-state index is 12.0. The van der Waals surface area contributed by atoms with Gasteiger partial charge in [0.1, 0.15) is 0 Å². The van der Waals surface area contributed by atoms with Crippen molar-refractivity contribution in [3.8, 4) is 0 Å². The number of hydrogen-bond acceptors (Lipinski definition) is 4. The van der Waals surface area contributed by atoms with E-state index in [1.165, 1.54) is 6.07 Å². The Morgan fingerprint density at radius 1 is 1.50 bits per heavy atom. The minimum Gasteiger partial charge on any atom is -0.325 e. The summed E-state index contributed by atoms with van der Waals surface area (Å²) in [4.78, 5) is 12.0. The molecule has 1 atom stereocenters. The minimum atomic E-state index is -3.79. The van der Waals surface area contributed by atoms with Gasteiger partial charge < -0.3 is 10.6 Å². The zero-order valence-corrected chi connectivity index (χ0v) is 12.2. The lowest BCUT2D eigenvalue weighted by Crippen LogP contribution is -2.35. The topological polar surface area (TPSA) is 101 Å². The van der Waals surface area contributed by atoms with Gasteiger partial charge in [0.05, 0.1) is 10.9 Å². The van der Waals surface area contributed by atoms with E-state index in [9.17, 15) is 13.2 Å². The van der Waals surface area contributed by atoms with Crippen LogP contribution in [0, 0.1) is 0 Å². The molecule has 1 aliphatic rings. The van der Waals surface area contributed by atoms with Gasteiger partial charge in [0.25, 0.3) is 0 Å². The van der Waals surface area contributed by atoms with Crippen molar-refractivity contribution in [2.75, 3.05) is 11.9 Å². The molecule has 6 nitrogen and oxygen atoms in total. The van der Waals surface area contributed by atoms with E-state index >= 15 is 0 Å². The third-order valence-corrected chi connectivity index (χ3v) is 4.39. The van der Waals surface area contributed by atoms with Crippen molar-refractivity contribution in [2.45, 2.75) is 37.1 Å². The highest BCUT2D eigenvalue weighted by Crippen LogP contribution is 2.21. The SMILES string of the molecule is CCc1ccc(NC(=O)C2CCCN2)cc1S(N)(=O)=O. The number of aryl methyl sites for hydroxylation is 1. The van der Waals surface area contributed by atoms with Crippen molar-refractivity contribution < 1.29 is 13.2 Å². The van der Waals surface area contributed by atoms with Crippen LogP contribution in [-0.4, -0.2) is 26.9 Å². The summed E-state index contributed by atoms with van der Waals surface area (Å²) in [5.74, 6) is -0.146. The number of hydrogen-bond donors (Lipinski definition) is 3. The first-order valence-electron chi connectivity index (χ1n) is 6.62. The molecule has 0 spiro atoms. The highest BCUT2D eigenvalue weighted by Gasteiger charge is 2.22. The van der Waals surface area contributed by atoms with Gasteiger partial charge in [-0.25, -0.2) is 13.6 Å². The Bertz CT molecular complexity index is 607. The molecule has 7 heteroatoms. The Morgan fingerprint density at radius 2 is 2.25 bits per heavy atom. The van der Waals surface area contributed by atoms with Gasteiger partial charge in [-0.05, 0) is 43.5 Å². The van der Waals surface area contributed by atoms with Gasteiger partial charge in [-0.3, -0.25) is 4.79 Å². The molecule has 4 N–H and O–H groups in total. The van der Waals surface area contributed by atoms with E-state index in [1.54, 1.807) is 12.1 Å². The van der Waals surface area contributed by atoms with E-state index in [-0.39, 0.29) is 16.8 Å². The van der Waals surface area contributed by atoms with E-state index in [2.05, 4.69) is 10.6 Å². The van der Waals surface area contributed by atoms with Crippen molar-refractivity contribution in [1.29, 1.82) is 0 Å². The highest BCUT2D eigenvalue weighted by molar-refractivity contribution is 7.89. The Morgan fingerprint density at radius 3 is 2.80 bits per heavy atom. The maximum Gasteiger partial charge on any atom is 0.241 e. The van der Waals surface area contributed by atoms with Crippen LogP contribution in [0.15, 0.2) is 23.1 Å². The standard InChI is InChI=1S/C13H19N3O3S/c1-2-9-5-6-10(8-12(9)20(14,18)19)16-13(17)11-4-3-7-15-11/h5-6,8,11,15H,2-4,7H2,1H3,(H,16,17)(H2,14,18,19). The number of carbonyl (C=O) groups is 1. The second-order valence-corrected chi connectivity index (χ2v) is 6.39. The lowest BCUT2D eigenvalue weighted by Gasteiger charge is -2.13. The molecule has 1 aromatic rings. The number of anilines is 1. The molecule has 1 unspecified atom stereocenters. The monoisotopic (exact) mass is 297 g/mol. The Labute approximate surface area is 118 Å². The van der Waals surface area contributed by atoms with Crippen molar-refractivity contribution in [3.05, 3.63) is 23.8 Å². The molecule has 1 aromatic carbocycles. The largest absolute Gasteiger partial charge is 0.325 e. The molecule has 2 rings (SSSR count). The van der Waals surface area contributed by atoms with E-state index in [0.717, 1.165) is 19.4 Å². The molecule has 0 aromatic heterocycles. The quantitative estimate of drug-likeness (QED) is 0.757. The number of carbonyl (C=O) groups excluding carboxylic acids is 1. The molecular formula is C13H19N3O3S. The Hall–Kier alpha value is -1.44. The fourth-order valence-electron chi connectivity index (χ4n) is 2.33. The molecule has 1 saturated heterocycles. The number of primary sulfonamides is 1. The summed E-state index contributed by atoms with van der Waals surface area (Å²) in [6.45, 7) is 2.68. The van der Waals surface area contributed by atoms with E-state index in [4.69, 9.17) is 5.14 Å². The maximum absolute atomic E-state index is 12.0. The van der Waals surface area contributed by atoms with Crippen molar-refractivity contribution >= 4 is 21.6 Å². The van der Waals surface area contributed by atoms with Crippen LogP contribution in [0.2, 0.25) is 0 Å². The molecule has 0 aliphatic carbocycles. The van der Waals surface area contributed by atoms with Crippen LogP contribution >= 0.6 is 0 Å². The first-order valence-corrected chi connectivity index (χ1v) is 8.16. The summed E-state index contributed by atoms with van der Waals surface area (Å²) in [7, 11) is -3.79. The number of benzene rings is 1. The van der Waals surface area contributed by atoms with Crippen LogP contribution in [0.1, 0.15) is 25.3 Å². The fraction of sp³-hybridized carbons (Fsp3) is 0.462. The molecule has 110 valence electrons. The van der Waals surface area contributed by atoms with E-state index in [1.807, 2.05) is 6.92 Å². The lowest BCUT2D eigenvalue weighted by atomic mass is 10.1. The molecule has 1 aliphatic heterocycles. The predicted octanol–water partition coefficient (Wildman–Crippen LogP) is 0.587. The minimum absolute atomic E-state index is 0.0668. The number of rotatable bonds is 4. The van der Waals surface area contributed by atoms with Crippen molar-refractivity contribution in [1.82, 2.24) is 5.32 Å². The molecule has 0 saturated carbocycles. The normalized spacial score (nSPS) is 19.0. The zero-order valence-electron chi connectivity index (χ0n) is 11.3. The molecule has 20 heavy (non-hydrogen) atoms. The molecule has 0 radical (unpaired) electrons. The van der Waals surface area contributed by atoms with E-state index < -0.39 is 10.0 Å². The van der Waals surface area contributed by atoms with Gasteiger partial charge >= 0.3 is 0 Å². The Kier molecular flexibility index (Phi) is 4.42. The summed E-state index contributed by atoms with van der Waals surface area (Å²) in [6.07, 6.45) is 2.32. The van der Waals surface area contributed by atoms with Gasteiger partial charge in [-0.1, -0.05) is 13.0 Å². The summed E-state index contributed by atoms with van der Waals surface area (Å²) in [6, 6.07) is 4.58. The van der Waals surface area contributed by atoms with E-state index in [0.29, 0.717) is 17.7 Å². The van der Waals surface area contributed by atoms with Crippen molar-refractivity contribution in [3.63, 3.8) is 0 Å². The number of amides is 1. The fourth-order valence-corrected chi connectivity index (χ4v) is 3.20. The lowest BCUT2D eigenvalue weighted by molar-refractivity contribution is -0.117. The Balaban J connectivity index is 2.23. The van der Waals surface area contributed by atoms with Gasteiger partial charge in [-0.2, -0.15) is 0 Å². The van der Waals surface area contributed by atoms with Crippen LogP contribution in [-0.2, 0) is 21.2 Å². The average Bonchev–Trinajstić information content (AvgIpc) is 2.91. The summed E-state index contributed by atoms with van der Waals surface area (Å²) < 4.78 is 23.1. The highest BCUT2D eigenvalue weighted by atomic mass is 32.2. The second-order valence-electron chi connectivity index (χ2n) is 4.86. The second kappa shape index (κ2) is 5.90. The molecular weight excluding hydrogens is 278 g/mol. The summed E-state index contributed by atoms with van der Waals surface area (Å²) >= 11 is 0. The first-order chi connectivity index (χ1) is 9.41. The number of nitrogens with two attached hydrogens (primary N) is 1. The predicted molar refractivity (Wildman–Crippen MR) is 76.8 cm³/mol. The number of sulfonamides is 1. The van der Waals surface area contributed by atoms with Crippen LogP contribution in [0.3, 0.4) is 0 Å². The molecule has 1 heterocycles. The van der Waals surface area contributed by atoms with Crippen LogP contribution in [0.25, 0.3) is 0 Å². The van der Waals surface area contributed by atoms with Crippen LogP contribution in [0.4, 0.5) is 5.69 Å². The van der Waals surface area contributed by atoms with Gasteiger partial charge in [0, 0.05) is 5.69 Å². The zero-order chi connectivity index (χ0) is 14.8. The van der Waals surface area contributed by atoms with Gasteiger partial charge in [0.2, 0.25) is 15.9 Å². The van der Waals surface area contributed by atoms with Gasteiger partial charge in [-0.15, -0.1) is 0 Å². The summed E-state index contributed by atoms with van der Waals surface area (Å²) in [5.41, 5.74) is 1.09. The third kappa shape index (κ3) is 3.36. The summed E-state index contributed by atoms with van der Waals surface area (Å²) in [5, 5.41) is 11.0. The smallest absolute Gasteiger partial charge is 0.241 e. The third-order valence-electron chi connectivity index (χ3n) is 3.40. The van der Waals surface area contributed by atoms with Crippen LogP contribution < -0.4 is 15.8 Å². The van der Waals surface area contributed by atoms with Gasteiger partial charge in [0.15, 0.2) is 0 Å². The number of nitrogens with one attached hydrogen (secondary N) is 2. The van der Waals surface area contributed by atoms with Crippen molar-refractivity contribution in [2.24, 2.45) is 5.14 Å². The molecule has 1 amide bonds. The molecule has 1 fully saturated rings. The average molecular weight is 297 g/mol. The molecule has 0 bridgehead atoms. The van der Waals surface area contributed by atoms with Crippen LogP contribution in [0.5, 0.6) is 0 Å².